The monoisotopic (exact) mass is 473 g/mol. The van der Waals surface area contributed by atoms with Crippen LogP contribution in [0.5, 0.6) is 5.75 Å². The van der Waals surface area contributed by atoms with Crippen LogP contribution in [0.3, 0.4) is 0 Å². The van der Waals surface area contributed by atoms with Crippen LogP contribution in [0.4, 0.5) is 21.9 Å². The van der Waals surface area contributed by atoms with Crippen LogP contribution < -0.4 is 20.3 Å². The molecule has 2 N–H and O–H groups in total. The Morgan fingerprint density at radius 1 is 0.914 bits per heavy atom. The van der Waals surface area contributed by atoms with Gasteiger partial charge in [-0.1, -0.05) is 12.1 Å². The van der Waals surface area contributed by atoms with E-state index in [0.717, 1.165) is 16.8 Å². The first-order valence-electron chi connectivity index (χ1n) is 11.2. The molecule has 4 rings (SSSR count). The lowest BCUT2D eigenvalue weighted by molar-refractivity contribution is -0.117. The molecule has 0 aromatic heterocycles. The van der Waals surface area contributed by atoms with Gasteiger partial charge in [-0.3, -0.25) is 14.9 Å². The number of ether oxygens (including phenoxy) is 2. The van der Waals surface area contributed by atoms with Crippen molar-refractivity contribution in [2.45, 2.75) is 26.4 Å². The standard InChI is InChI=1S/C27H27N3O5/c1-17-4-5-18(2)24(14-17)30-16-23(15-25(30)31)35-27(33)29-21-10-8-20(9-11-21)28-26(32)19-6-12-22(34-3)13-7-19/h4-14,23H,15-16H2,1-3H3,(H,28,32)(H,29,33). The fraction of sp³-hybridized carbons (Fsp3) is 0.222. The third kappa shape index (κ3) is 5.78. The van der Waals surface area contributed by atoms with Crippen LogP contribution in [-0.2, 0) is 9.53 Å². The lowest BCUT2D eigenvalue weighted by Crippen LogP contribution is -2.28. The van der Waals surface area contributed by atoms with Gasteiger partial charge in [0.25, 0.3) is 5.91 Å². The van der Waals surface area contributed by atoms with Crippen LogP contribution in [0.1, 0.15) is 27.9 Å². The molecule has 3 amide bonds. The Kier molecular flexibility index (Phi) is 7.01. The van der Waals surface area contributed by atoms with E-state index in [2.05, 4.69) is 10.6 Å². The van der Waals surface area contributed by atoms with Crippen molar-refractivity contribution in [1.29, 1.82) is 0 Å². The predicted octanol–water partition coefficient (Wildman–Crippen LogP) is 4.92. The summed E-state index contributed by atoms with van der Waals surface area (Å²) in [6.45, 7) is 4.24. The fourth-order valence-electron chi connectivity index (χ4n) is 3.88. The van der Waals surface area contributed by atoms with Crippen molar-refractivity contribution in [2.24, 2.45) is 0 Å². The summed E-state index contributed by atoms with van der Waals surface area (Å²) < 4.78 is 10.6. The molecule has 35 heavy (non-hydrogen) atoms. The molecular weight excluding hydrogens is 446 g/mol. The van der Waals surface area contributed by atoms with Crippen LogP contribution in [-0.4, -0.2) is 37.7 Å². The number of rotatable bonds is 6. The number of amides is 3. The first kappa shape index (κ1) is 23.8. The minimum absolute atomic E-state index is 0.0755. The van der Waals surface area contributed by atoms with Crippen LogP contribution >= 0.6 is 0 Å². The molecule has 1 aliphatic heterocycles. The number of hydrogen-bond acceptors (Lipinski definition) is 5. The Hall–Kier alpha value is -4.33. The van der Waals surface area contributed by atoms with Crippen molar-refractivity contribution < 1.29 is 23.9 Å². The highest BCUT2D eigenvalue weighted by molar-refractivity contribution is 6.04. The zero-order valence-electron chi connectivity index (χ0n) is 19.8. The van der Waals surface area contributed by atoms with Gasteiger partial charge in [-0.2, -0.15) is 0 Å². The van der Waals surface area contributed by atoms with E-state index in [1.54, 1.807) is 60.5 Å². The lowest BCUT2D eigenvalue weighted by atomic mass is 10.1. The minimum atomic E-state index is -0.638. The number of aryl methyl sites for hydroxylation is 2. The second kappa shape index (κ2) is 10.3. The molecule has 1 aliphatic rings. The number of nitrogens with zero attached hydrogens (tertiary/aromatic N) is 1. The molecule has 1 atom stereocenters. The van der Waals surface area contributed by atoms with Crippen molar-refractivity contribution in [2.75, 3.05) is 29.2 Å². The number of nitrogens with one attached hydrogen (secondary N) is 2. The van der Waals surface area contributed by atoms with Crippen LogP contribution in [0.25, 0.3) is 0 Å². The summed E-state index contributed by atoms with van der Waals surface area (Å²) in [6, 6.07) is 19.4. The highest BCUT2D eigenvalue weighted by Gasteiger charge is 2.34. The van der Waals surface area contributed by atoms with Gasteiger partial charge in [0, 0.05) is 22.6 Å². The molecule has 0 radical (unpaired) electrons. The normalized spacial score (nSPS) is 15.0. The molecule has 180 valence electrons. The van der Waals surface area contributed by atoms with Crippen molar-refractivity contribution in [1.82, 2.24) is 0 Å². The average molecular weight is 474 g/mol. The molecule has 0 spiro atoms. The van der Waals surface area contributed by atoms with E-state index >= 15 is 0 Å². The third-order valence-electron chi connectivity index (χ3n) is 5.76. The lowest BCUT2D eigenvalue weighted by Gasteiger charge is -2.19. The molecule has 0 aliphatic carbocycles. The van der Waals surface area contributed by atoms with Crippen LogP contribution in [0.15, 0.2) is 66.7 Å². The molecule has 8 heteroatoms. The van der Waals surface area contributed by atoms with E-state index in [0.29, 0.717) is 29.2 Å². The van der Waals surface area contributed by atoms with E-state index in [-0.39, 0.29) is 18.2 Å². The summed E-state index contributed by atoms with van der Waals surface area (Å²) in [5.74, 6) is 0.337. The van der Waals surface area contributed by atoms with E-state index < -0.39 is 12.2 Å². The van der Waals surface area contributed by atoms with Gasteiger partial charge in [-0.05, 0) is 79.6 Å². The van der Waals surface area contributed by atoms with Gasteiger partial charge in [0.05, 0.1) is 20.1 Å². The third-order valence-corrected chi connectivity index (χ3v) is 5.76. The summed E-state index contributed by atoms with van der Waals surface area (Å²) in [5, 5.41) is 5.47. The molecule has 1 fully saturated rings. The Balaban J connectivity index is 1.30. The number of carbonyl (C=O) groups is 3. The molecule has 8 nitrogen and oxygen atoms in total. The Labute approximate surface area is 203 Å². The summed E-state index contributed by atoms with van der Waals surface area (Å²) in [7, 11) is 1.56. The van der Waals surface area contributed by atoms with Crippen molar-refractivity contribution >= 4 is 35.0 Å². The van der Waals surface area contributed by atoms with Gasteiger partial charge in [0.1, 0.15) is 11.9 Å². The van der Waals surface area contributed by atoms with E-state index in [9.17, 15) is 14.4 Å². The van der Waals surface area contributed by atoms with Gasteiger partial charge in [0.2, 0.25) is 5.91 Å². The maximum atomic E-state index is 12.5. The second-order valence-electron chi connectivity index (χ2n) is 8.41. The molecule has 0 bridgehead atoms. The second-order valence-corrected chi connectivity index (χ2v) is 8.41. The highest BCUT2D eigenvalue weighted by atomic mass is 16.6. The molecule has 3 aromatic carbocycles. The van der Waals surface area contributed by atoms with E-state index in [1.807, 2.05) is 32.0 Å². The van der Waals surface area contributed by atoms with Crippen LogP contribution in [0, 0.1) is 13.8 Å². The average Bonchev–Trinajstić information content (AvgIpc) is 3.21. The number of benzene rings is 3. The zero-order valence-corrected chi connectivity index (χ0v) is 19.8. The quantitative estimate of drug-likeness (QED) is 0.530. The summed E-state index contributed by atoms with van der Waals surface area (Å²) >= 11 is 0. The van der Waals surface area contributed by atoms with Gasteiger partial charge in [-0.15, -0.1) is 0 Å². The Morgan fingerprint density at radius 2 is 1.57 bits per heavy atom. The number of anilines is 3. The predicted molar refractivity (Wildman–Crippen MR) is 134 cm³/mol. The SMILES string of the molecule is COc1ccc(C(=O)Nc2ccc(NC(=O)OC3CC(=O)N(c4cc(C)ccc4C)C3)cc2)cc1. The smallest absolute Gasteiger partial charge is 0.411 e. The Morgan fingerprint density at radius 3 is 2.23 bits per heavy atom. The molecule has 3 aromatic rings. The minimum Gasteiger partial charge on any atom is -0.497 e. The molecule has 1 saturated heterocycles. The zero-order chi connectivity index (χ0) is 24.9. The van der Waals surface area contributed by atoms with Crippen LogP contribution in [0.2, 0.25) is 0 Å². The van der Waals surface area contributed by atoms with Gasteiger partial charge in [-0.25, -0.2) is 4.79 Å². The van der Waals surface area contributed by atoms with Gasteiger partial charge >= 0.3 is 6.09 Å². The van der Waals surface area contributed by atoms with Crippen molar-refractivity contribution in [3.8, 4) is 5.75 Å². The number of methoxy groups -OCH3 is 1. The molecule has 0 saturated carbocycles. The number of hydrogen-bond donors (Lipinski definition) is 2. The van der Waals surface area contributed by atoms with E-state index in [4.69, 9.17) is 9.47 Å². The van der Waals surface area contributed by atoms with Gasteiger partial charge in [0.15, 0.2) is 0 Å². The summed E-state index contributed by atoms with van der Waals surface area (Å²) in [5.41, 5.74) is 4.48. The molecule has 1 unspecified atom stereocenters. The number of carbonyl (C=O) groups excluding carboxylic acids is 3. The summed E-state index contributed by atoms with van der Waals surface area (Å²) in [4.78, 5) is 39.0. The molecule has 1 heterocycles. The first-order valence-corrected chi connectivity index (χ1v) is 11.2. The van der Waals surface area contributed by atoms with Gasteiger partial charge < -0.3 is 19.7 Å². The Bertz CT molecular complexity index is 1240. The topological polar surface area (TPSA) is 97.0 Å². The first-order chi connectivity index (χ1) is 16.8. The maximum absolute atomic E-state index is 12.5. The fourth-order valence-corrected chi connectivity index (χ4v) is 3.88. The maximum Gasteiger partial charge on any atom is 0.411 e. The summed E-state index contributed by atoms with van der Waals surface area (Å²) in [6.07, 6.45) is -1.04. The van der Waals surface area contributed by atoms with Crippen molar-refractivity contribution in [3.05, 3.63) is 83.4 Å². The molecular formula is C27H27N3O5. The largest absolute Gasteiger partial charge is 0.497 e. The van der Waals surface area contributed by atoms with E-state index in [1.165, 1.54) is 0 Å². The van der Waals surface area contributed by atoms with Crippen molar-refractivity contribution in [3.63, 3.8) is 0 Å². The highest BCUT2D eigenvalue weighted by Crippen LogP contribution is 2.27.